The standard InChI is InChI=1S/C59H47BN2O2/c1-57(2,3)32-17-20-34(21-18-32)62-47-31-52-42(41-27-33(58(4,5)6)19-25-50(41)64-52)28-40(47)36-22-23-38-53-46(24-26-51-54(53)37-14-10-12-16-49(37)63-51)61-48-30-44-39(29-45(48)60(62)55(36)56(38)61)35-13-9-11-15-43(35)59(44,7)8/h9-31H,1-8H3. The van der Waals surface area contributed by atoms with Crippen LogP contribution in [0.2, 0.25) is 0 Å². The van der Waals surface area contributed by atoms with E-state index in [4.69, 9.17) is 8.83 Å². The highest BCUT2D eigenvalue weighted by Gasteiger charge is 2.46. The lowest BCUT2D eigenvalue weighted by atomic mass is 9.43. The summed E-state index contributed by atoms with van der Waals surface area (Å²) in [4.78, 5) is 2.64. The summed E-state index contributed by atoms with van der Waals surface area (Å²) in [6, 6.07) is 52.9. The Morgan fingerprint density at radius 2 is 1.19 bits per heavy atom. The van der Waals surface area contributed by atoms with Crippen molar-refractivity contribution in [3.63, 3.8) is 0 Å². The van der Waals surface area contributed by atoms with E-state index in [2.05, 4.69) is 204 Å². The molecule has 64 heavy (non-hydrogen) atoms. The molecule has 0 radical (unpaired) electrons. The first-order chi connectivity index (χ1) is 30.8. The van der Waals surface area contributed by atoms with Crippen molar-refractivity contribution in [3.8, 4) is 27.9 Å². The van der Waals surface area contributed by atoms with Gasteiger partial charge >= 0.3 is 6.85 Å². The Labute approximate surface area is 372 Å². The third-order valence-corrected chi connectivity index (χ3v) is 15.3. The molecule has 0 unspecified atom stereocenters. The minimum Gasteiger partial charge on any atom is -0.456 e. The van der Waals surface area contributed by atoms with Gasteiger partial charge in [-0.2, -0.15) is 0 Å². The molecule has 0 saturated carbocycles. The fraction of sp³-hybridized carbons (Fsp3) is 0.186. The molecule has 0 N–H and O–H groups in total. The number of furan rings is 2. The monoisotopic (exact) mass is 826 g/mol. The van der Waals surface area contributed by atoms with Gasteiger partial charge in [0.1, 0.15) is 22.3 Å². The van der Waals surface area contributed by atoms with Crippen LogP contribution >= 0.6 is 0 Å². The van der Waals surface area contributed by atoms with E-state index in [-0.39, 0.29) is 23.1 Å². The van der Waals surface area contributed by atoms with Crippen LogP contribution < -0.4 is 15.7 Å². The topological polar surface area (TPSA) is 34.5 Å². The molecular weight excluding hydrogens is 779 g/mol. The third-order valence-electron chi connectivity index (χ3n) is 15.3. The van der Waals surface area contributed by atoms with Crippen molar-refractivity contribution in [1.82, 2.24) is 4.57 Å². The minimum absolute atomic E-state index is 0.00682. The molecule has 0 atom stereocenters. The van der Waals surface area contributed by atoms with Gasteiger partial charge in [0.15, 0.2) is 0 Å². The Bertz CT molecular complexity index is 3900. The maximum Gasteiger partial charge on any atom is 0.333 e. The van der Waals surface area contributed by atoms with E-state index in [1.54, 1.807) is 0 Å². The van der Waals surface area contributed by atoms with Crippen LogP contribution in [0.3, 0.4) is 0 Å². The van der Waals surface area contributed by atoms with E-state index >= 15 is 0 Å². The predicted octanol–water partition coefficient (Wildman–Crippen LogP) is 14.7. The highest BCUT2D eigenvalue weighted by Crippen LogP contribution is 2.53. The zero-order valence-corrected chi connectivity index (χ0v) is 37.6. The number of hydrogen-bond donors (Lipinski definition) is 0. The summed E-state index contributed by atoms with van der Waals surface area (Å²) in [5.41, 5.74) is 22.7. The molecule has 14 rings (SSSR count). The highest BCUT2D eigenvalue weighted by atomic mass is 16.3. The van der Waals surface area contributed by atoms with Crippen molar-refractivity contribution in [3.05, 3.63) is 162 Å². The van der Waals surface area contributed by atoms with E-state index in [9.17, 15) is 0 Å². The molecule has 308 valence electrons. The van der Waals surface area contributed by atoms with Crippen molar-refractivity contribution in [2.24, 2.45) is 0 Å². The van der Waals surface area contributed by atoms with E-state index < -0.39 is 0 Å². The van der Waals surface area contributed by atoms with Crippen LogP contribution in [0.5, 0.6) is 0 Å². The molecule has 1 aliphatic carbocycles. The van der Waals surface area contributed by atoms with Crippen LogP contribution in [0, 0.1) is 0 Å². The normalized spacial score (nSPS) is 14.9. The van der Waals surface area contributed by atoms with Crippen LogP contribution in [0.4, 0.5) is 11.4 Å². The minimum atomic E-state index is -0.166. The Hall–Kier alpha value is -6.98. The van der Waals surface area contributed by atoms with Crippen LogP contribution in [0.25, 0.3) is 93.6 Å². The summed E-state index contributed by atoms with van der Waals surface area (Å²) in [7, 11) is 0. The lowest BCUT2D eigenvalue weighted by molar-refractivity contribution is 0.590. The number of aromatic nitrogens is 1. The summed E-state index contributed by atoms with van der Waals surface area (Å²) in [6.45, 7) is 18.4. The summed E-state index contributed by atoms with van der Waals surface area (Å²) < 4.78 is 16.0. The Balaban J connectivity index is 1.16. The van der Waals surface area contributed by atoms with Crippen LogP contribution in [-0.2, 0) is 16.2 Å². The molecule has 0 bridgehead atoms. The van der Waals surface area contributed by atoms with E-state index in [1.165, 1.54) is 88.3 Å². The summed E-state index contributed by atoms with van der Waals surface area (Å²) >= 11 is 0. The largest absolute Gasteiger partial charge is 0.456 e. The van der Waals surface area contributed by atoms with Gasteiger partial charge in [0.25, 0.3) is 0 Å². The fourth-order valence-corrected chi connectivity index (χ4v) is 12.0. The predicted molar refractivity (Wildman–Crippen MR) is 269 cm³/mol. The van der Waals surface area contributed by atoms with E-state index in [0.717, 1.165) is 49.9 Å². The maximum atomic E-state index is 6.83. The molecule has 3 aliphatic rings. The summed E-state index contributed by atoms with van der Waals surface area (Å²) in [5.74, 6) is 0. The highest BCUT2D eigenvalue weighted by molar-refractivity contribution is 6.93. The second kappa shape index (κ2) is 11.8. The first-order valence-corrected chi connectivity index (χ1v) is 22.9. The van der Waals surface area contributed by atoms with Gasteiger partial charge < -0.3 is 18.2 Å². The van der Waals surface area contributed by atoms with Gasteiger partial charge in [0.2, 0.25) is 0 Å². The zero-order valence-electron chi connectivity index (χ0n) is 37.6. The first kappa shape index (κ1) is 36.5. The quantitative estimate of drug-likeness (QED) is 0.155. The van der Waals surface area contributed by atoms with Crippen molar-refractivity contribution in [1.29, 1.82) is 0 Å². The third kappa shape index (κ3) is 4.54. The molecule has 0 amide bonds. The molecule has 4 nitrogen and oxygen atoms in total. The smallest absolute Gasteiger partial charge is 0.333 e. The SMILES string of the molecule is CC(C)(C)c1ccc(N2B3c4cc5c(cc4-n4c6ccc7oc8ccccc8c7c6c6ccc(c3c64)-c3cc4c(cc32)oc2ccc(C(C)(C)C)cc24)C(C)(C)c2ccccc2-5)cc1. The van der Waals surface area contributed by atoms with Gasteiger partial charge in [0.05, 0.1) is 11.0 Å². The average molecular weight is 827 g/mol. The molecule has 0 fully saturated rings. The van der Waals surface area contributed by atoms with Crippen molar-refractivity contribution < 1.29 is 8.83 Å². The van der Waals surface area contributed by atoms with E-state index in [1.807, 2.05) is 0 Å². The molecule has 5 heteroatoms. The number of anilines is 2. The molecular formula is C59H47BN2O2. The van der Waals surface area contributed by atoms with Crippen molar-refractivity contribution >= 4 is 94.8 Å². The fourth-order valence-electron chi connectivity index (χ4n) is 12.0. The van der Waals surface area contributed by atoms with Gasteiger partial charge in [-0.25, -0.2) is 0 Å². The molecule has 11 aromatic rings. The van der Waals surface area contributed by atoms with Crippen LogP contribution in [0.1, 0.15) is 77.6 Å². The second-order valence-electron chi connectivity index (χ2n) is 21.3. The number of hydrogen-bond acceptors (Lipinski definition) is 3. The molecule has 8 aromatic carbocycles. The Kier molecular flexibility index (Phi) is 6.72. The first-order valence-electron chi connectivity index (χ1n) is 22.9. The lowest BCUT2D eigenvalue weighted by Crippen LogP contribution is -2.60. The maximum absolute atomic E-state index is 6.83. The van der Waals surface area contributed by atoms with Gasteiger partial charge in [-0.15, -0.1) is 0 Å². The number of nitrogens with zero attached hydrogens (tertiary/aromatic N) is 2. The summed E-state index contributed by atoms with van der Waals surface area (Å²) in [5, 5.41) is 7.13. The lowest BCUT2D eigenvalue weighted by Gasteiger charge is -2.42. The molecule has 5 heterocycles. The molecule has 0 saturated heterocycles. The molecule has 3 aromatic heterocycles. The van der Waals surface area contributed by atoms with Crippen LogP contribution in [0.15, 0.2) is 148 Å². The molecule has 2 aliphatic heterocycles. The molecule has 0 spiro atoms. The van der Waals surface area contributed by atoms with Crippen LogP contribution in [-0.4, -0.2) is 11.4 Å². The number of rotatable bonds is 1. The number of benzene rings is 8. The van der Waals surface area contributed by atoms with Gasteiger partial charge in [-0.1, -0.05) is 134 Å². The van der Waals surface area contributed by atoms with E-state index in [0.29, 0.717) is 0 Å². The Morgan fingerprint density at radius 1 is 0.484 bits per heavy atom. The summed E-state index contributed by atoms with van der Waals surface area (Å²) in [6.07, 6.45) is 0. The van der Waals surface area contributed by atoms with Crippen molar-refractivity contribution in [2.75, 3.05) is 4.81 Å². The van der Waals surface area contributed by atoms with Gasteiger partial charge in [0, 0.05) is 66.4 Å². The van der Waals surface area contributed by atoms with Gasteiger partial charge in [-0.05, 0) is 115 Å². The second-order valence-corrected chi connectivity index (χ2v) is 21.3. The zero-order chi connectivity index (χ0) is 43.3. The Morgan fingerprint density at radius 3 is 2.00 bits per heavy atom. The number of para-hydroxylation sites is 1. The average Bonchev–Trinajstić information content (AvgIpc) is 4.00. The van der Waals surface area contributed by atoms with Crippen molar-refractivity contribution in [2.45, 2.75) is 71.6 Å². The number of fused-ring (bicyclic) bond motifs is 18. The van der Waals surface area contributed by atoms with Gasteiger partial charge in [-0.3, -0.25) is 0 Å².